The van der Waals surface area contributed by atoms with Crippen LogP contribution in [0.3, 0.4) is 0 Å². The van der Waals surface area contributed by atoms with Gasteiger partial charge in [0.05, 0.1) is 11.0 Å². The number of alkyl halides is 3. The molecule has 0 aromatic heterocycles. The summed E-state index contributed by atoms with van der Waals surface area (Å²) in [6.45, 7) is 2.94. The molecule has 0 atom stereocenters. The number of hydrogen-bond donors (Lipinski definition) is 0. The summed E-state index contributed by atoms with van der Waals surface area (Å²) in [6, 6.07) is 1.05. The zero-order chi connectivity index (χ0) is 15.5. The van der Waals surface area contributed by atoms with Crippen molar-refractivity contribution in [1.29, 1.82) is 0 Å². The largest absolute Gasteiger partial charge is 0.488 e. The van der Waals surface area contributed by atoms with Gasteiger partial charge in [-0.25, -0.2) is 4.79 Å². The molecule has 0 radical (unpaired) electrons. The summed E-state index contributed by atoms with van der Waals surface area (Å²) >= 11 is 0. The zero-order valence-corrected chi connectivity index (χ0v) is 10.4. The summed E-state index contributed by atoms with van der Waals surface area (Å²) < 4.78 is 43.7. The highest BCUT2D eigenvalue weighted by Crippen LogP contribution is 2.44. The number of nitro benzene ring substituents is 1. The Morgan fingerprint density at radius 2 is 2.00 bits per heavy atom. The van der Waals surface area contributed by atoms with Crippen molar-refractivity contribution in [3.05, 3.63) is 27.8 Å². The van der Waals surface area contributed by atoms with Crippen LogP contribution in [0.5, 0.6) is 5.75 Å². The smallest absolute Gasteiger partial charge is 0.420 e. The van der Waals surface area contributed by atoms with Crippen molar-refractivity contribution in [2.75, 3.05) is 0 Å². The first-order valence-electron chi connectivity index (χ1n) is 5.31. The lowest BCUT2D eigenvalue weighted by molar-refractivity contribution is -0.385. The van der Waals surface area contributed by atoms with E-state index in [2.05, 4.69) is 4.99 Å². The van der Waals surface area contributed by atoms with Gasteiger partial charge >= 0.3 is 6.18 Å². The van der Waals surface area contributed by atoms with E-state index >= 15 is 0 Å². The van der Waals surface area contributed by atoms with Crippen LogP contribution in [0.4, 0.5) is 24.5 Å². The third-order valence-electron chi connectivity index (χ3n) is 2.09. The Hall–Kier alpha value is -2.41. The lowest BCUT2D eigenvalue weighted by Gasteiger charge is -2.17. The van der Waals surface area contributed by atoms with Crippen molar-refractivity contribution in [3.8, 4) is 5.75 Å². The van der Waals surface area contributed by atoms with Crippen LogP contribution in [-0.2, 0) is 11.0 Å². The Labute approximate surface area is 111 Å². The molecule has 1 aromatic rings. The fourth-order valence-corrected chi connectivity index (χ4v) is 1.41. The third kappa shape index (κ3) is 3.55. The molecule has 0 amide bonds. The zero-order valence-electron chi connectivity index (χ0n) is 10.4. The number of nitrogens with zero attached hydrogens (tertiary/aromatic N) is 2. The second-order valence-electron chi connectivity index (χ2n) is 3.97. The second kappa shape index (κ2) is 5.70. The molecule has 1 aromatic carbocycles. The first-order valence-corrected chi connectivity index (χ1v) is 5.31. The normalized spacial score (nSPS) is 11.1. The van der Waals surface area contributed by atoms with E-state index in [-0.39, 0.29) is 0 Å². The molecule has 0 N–H and O–H groups in total. The van der Waals surface area contributed by atoms with Crippen LogP contribution in [-0.4, -0.2) is 17.1 Å². The molecule has 0 aliphatic rings. The minimum Gasteiger partial charge on any atom is -0.488 e. The van der Waals surface area contributed by atoms with E-state index in [1.807, 2.05) is 0 Å². The summed E-state index contributed by atoms with van der Waals surface area (Å²) in [7, 11) is 0. The molecule has 20 heavy (non-hydrogen) atoms. The van der Waals surface area contributed by atoms with Gasteiger partial charge in [0.2, 0.25) is 6.08 Å². The molecule has 1 rings (SSSR count). The van der Waals surface area contributed by atoms with Crippen molar-refractivity contribution in [2.24, 2.45) is 4.99 Å². The molecule has 6 nitrogen and oxygen atoms in total. The Kier molecular flexibility index (Phi) is 4.46. The van der Waals surface area contributed by atoms with Crippen molar-refractivity contribution in [2.45, 2.75) is 26.1 Å². The minimum atomic E-state index is -4.89. The SMILES string of the molecule is CC(C)Oc1c(N=C=O)cc([N+](=O)[O-])cc1C(F)(F)F. The van der Waals surface area contributed by atoms with Crippen molar-refractivity contribution in [1.82, 2.24) is 0 Å². The highest BCUT2D eigenvalue weighted by atomic mass is 19.4. The van der Waals surface area contributed by atoms with Gasteiger partial charge in [-0.15, -0.1) is 0 Å². The molecule has 0 aliphatic heterocycles. The molecule has 0 spiro atoms. The molecule has 9 heteroatoms. The Morgan fingerprint density at radius 3 is 2.40 bits per heavy atom. The number of rotatable bonds is 4. The molecule has 0 fully saturated rings. The van der Waals surface area contributed by atoms with Gasteiger partial charge < -0.3 is 4.74 Å². The average molecular weight is 290 g/mol. The number of ether oxygens (including phenoxy) is 1. The second-order valence-corrected chi connectivity index (χ2v) is 3.97. The van der Waals surface area contributed by atoms with Crippen LogP contribution < -0.4 is 4.74 Å². The average Bonchev–Trinajstić information content (AvgIpc) is 2.28. The number of non-ortho nitro benzene ring substituents is 1. The molecule has 0 bridgehead atoms. The Morgan fingerprint density at radius 1 is 1.40 bits per heavy atom. The topological polar surface area (TPSA) is 81.8 Å². The van der Waals surface area contributed by atoms with Gasteiger partial charge in [-0.05, 0) is 13.8 Å². The molecular weight excluding hydrogens is 281 g/mol. The molecule has 0 aliphatic carbocycles. The van der Waals surface area contributed by atoms with Gasteiger partial charge in [-0.1, -0.05) is 0 Å². The highest BCUT2D eigenvalue weighted by Gasteiger charge is 2.38. The molecule has 0 saturated carbocycles. The molecule has 0 saturated heterocycles. The number of nitro groups is 1. The molecular formula is C11H9F3N2O4. The quantitative estimate of drug-likeness (QED) is 0.368. The van der Waals surface area contributed by atoms with Crippen LogP contribution in [0.15, 0.2) is 17.1 Å². The summed E-state index contributed by atoms with van der Waals surface area (Å²) in [5, 5.41) is 10.6. The number of carbonyl (C=O) groups excluding carboxylic acids is 1. The van der Waals surface area contributed by atoms with Gasteiger partial charge in [0.1, 0.15) is 11.3 Å². The first kappa shape index (κ1) is 15.6. The number of isocyanates is 1. The van der Waals surface area contributed by atoms with E-state index in [0.717, 1.165) is 12.1 Å². The maximum atomic E-state index is 12.9. The Bertz CT molecular complexity index is 578. The predicted molar refractivity (Wildman–Crippen MR) is 61.6 cm³/mol. The van der Waals surface area contributed by atoms with Gasteiger partial charge in [0.15, 0.2) is 5.75 Å². The van der Waals surface area contributed by atoms with Crippen LogP contribution in [0.25, 0.3) is 0 Å². The number of aliphatic imine (C=N–C) groups is 1. The van der Waals surface area contributed by atoms with Gasteiger partial charge in [0, 0.05) is 12.1 Å². The van der Waals surface area contributed by atoms with Gasteiger partial charge in [0.25, 0.3) is 5.69 Å². The molecule has 0 heterocycles. The fraction of sp³-hybridized carbons (Fsp3) is 0.364. The predicted octanol–water partition coefficient (Wildman–Crippen LogP) is 3.37. The maximum Gasteiger partial charge on any atom is 0.420 e. The highest BCUT2D eigenvalue weighted by molar-refractivity contribution is 5.66. The lowest BCUT2D eigenvalue weighted by Crippen LogP contribution is -2.13. The lowest BCUT2D eigenvalue weighted by atomic mass is 10.1. The molecule has 0 unspecified atom stereocenters. The van der Waals surface area contributed by atoms with Crippen LogP contribution in [0, 0.1) is 10.1 Å². The van der Waals surface area contributed by atoms with Gasteiger partial charge in [-0.2, -0.15) is 18.2 Å². The minimum absolute atomic E-state index is 0.335. The summed E-state index contributed by atoms with van der Waals surface area (Å²) in [5.41, 5.74) is -2.80. The summed E-state index contributed by atoms with van der Waals surface area (Å²) in [4.78, 5) is 22.9. The van der Waals surface area contributed by atoms with Crippen molar-refractivity contribution < 1.29 is 27.6 Å². The van der Waals surface area contributed by atoms with E-state index in [4.69, 9.17) is 4.74 Å². The van der Waals surface area contributed by atoms with E-state index < -0.39 is 39.9 Å². The Balaban J connectivity index is 3.66. The fourth-order valence-electron chi connectivity index (χ4n) is 1.41. The molecule has 108 valence electrons. The first-order chi connectivity index (χ1) is 9.16. The summed E-state index contributed by atoms with van der Waals surface area (Å²) in [6.07, 6.45) is -4.48. The maximum absolute atomic E-state index is 12.9. The van der Waals surface area contributed by atoms with E-state index in [1.54, 1.807) is 0 Å². The van der Waals surface area contributed by atoms with Crippen LogP contribution in [0.1, 0.15) is 19.4 Å². The third-order valence-corrected chi connectivity index (χ3v) is 2.09. The van der Waals surface area contributed by atoms with Gasteiger partial charge in [-0.3, -0.25) is 10.1 Å². The standard InChI is InChI=1S/C11H9F3N2O4/c1-6(2)20-10-8(11(12,13)14)3-7(16(18)19)4-9(10)15-5-17/h3-4,6H,1-2H3. The monoisotopic (exact) mass is 290 g/mol. The number of hydrogen-bond acceptors (Lipinski definition) is 5. The van der Waals surface area contributed by atoms with E-state index in [9.17, 15) is 28.1 Å². The van der Waals surface area contributed by atoms with E-state index in [1.165, 1.54) is 13.8 Å². The van der Waals surface area contributed by atoms with Crippen LogP contribution >= 0.6 is 0 Å². The summed E-state index contributed by atoms with van der Waals surface area (Å²) in [5.74, 6) is -0.735. The van der Waals surface area contributed by atoms with E-state index in [0.29, 0.717) is 6.07 Å². The number of halogens is 3. The van der Waals surface area contributed by atoms with Crippen LogP contribution in [0.2, 0.25) is 0 Å². The number of benzene rings is 1. The van der Waals surface area contributed by atoms with Crippen molar-refractivity contribution >= 4 is 17.5 Å². The van der Waals surface area contributed by atoms with Crippen molar-refractivity contribution in [3.63, 3.8) is 0 Å².